The van der Waals surface area contributed by atoms with Crippen molar-refractivity contribution in [2.24, 2.45) is 0 Å². The van der Waals surface area contributed by atoms with Crippen LogP contribution in [0.1, 0.15) is 39.2 Å². The van der Waals surface area contributed by atoms with Crippen LogP contribution in [0.25, 0.3) is 0 Å². The molecule has 0 bridgehead atoms. The molecule has 0 aliphatic rings. The maximum Gasteiger partial charge on any atom is 0.416 e. The van der Waals surface area contributed by atoms with Gasteiger partial charge in [-0.3, -0.25) is 0 Å². The number of rotatable bonds is 4. The Kier molecular flexibility index (Phi) is 4.11. The molecule has 0 aliphatic heterocycles. The summed E-state index contributed by atoms with van der Waals surface area (Å²) in [5, 5.41) is 9.65. The zero-order valence-electron chi connectivity index (χ0n) is 10.9. The second-order valence-electron chi connectivity index (χ2n) is 5.23. The summed E-state index contributed by atoms with van der Waals surface area (Å²) in [7, 11) is 0. The lowest BCUT2D eigenvalue weighted by Crippen LogP contribution is -2.47. The third-order valence-corrected chi connectivity index (χ3v) is 3.60. The molecule has 2 atom stereocenters. The lowest BCUT2D eigenvalue weighted by molar-refractivity contribution is -0.259. The van der Waals surface area contributed by atoms with Gasteiger partial charge in [0.1, 0.15) is 0 Å². The van der Waals surface area contributed by atoms with E-state index in [0.717, 1.165) is 12.5 Å². The molecule has 0 radical (unpaired) electrons. The highest BCUT2D eigenvalue weighted by atomic mass is 19.4. The van der Waals surface area contributed by atoms with Gasteiger partial charge in [0.05, 0.1) is 0 Å². The van der Waals surface area contributed by atoms with Crippen molar-refractivity contribution in [1.29, 1.82) is 0 Å². The molecule has 0 aromatic heterocycles. The van der Waals surface area contributed by atoms with Gasteiger partial charge in [-0.25, -0.2) is 0 Å². The van der Waals surface area contributed by atoms with Crippen LogP contribution < -0.4 is 0 Å². The van der Waals surface area contributed by atoms with Crippen LogP contribution in [0.15, 0.2) is 30.3 Å². The molecule has 0 saturated carbocycles. The Labute approximate surface area is 106 Å². The number of hydrogen-bond donors (Lipinski definition) is 1. The fourth-order valence-electron chi connectivity index (χ4n) is 2.13. The monoisotopic (exact) mass is 260 g/mol. The minimum Gasteiger partial charge on any atom is -0.381 e. The van der Waals surface area contributed by atoms with Crippen molar-refractivity contribution in [2.75, 3.05) is 0 Å². The quantitative estimate of drug-likeness (QED) is 0.865. The first kappa shape index (κ1) is 15.0. The van der Waals surface area contributed by atoms with Gasteiger partial charge in [-0.15, -0.1) is 0 Å². The molecule has 1 aromatic carbocycles. The number of halogens is 3. The average molecular weight is 260 g/mol. The molecule has 1 N–H and O–H groups in total. The van der Waals surface area contributed by atoms with Gasteiger partial charge in [-0.05, 0) is 30.7 Å². The van der Waals surface area contributed by atoms with Crippen molar-refractivity contribution >= 4 is 0 Å². The maximum absolute atomic E-state index is 12.8. The minimum atomic E-state index is -4.61. The molecule has 0 aliphatic carbocycles. The average Bonchev–Trinajstić information content (AvgIpc) is 2.28. The van der Waals surface area contributed by atoms with E-state index in [0.29, 0.717) is 6.42 Å². The molecule has 0 spiro atoms. The molecule has 0 amide bonds. The molecule has 4 heteroatoms. The fraction of sp³-hybridized carbons (Fsp3) is 0.571. The summed E-state index contributed by atoms with van der Waals surface area (Å²) in [5.41, 5.74) is -2.55. The van der Waals surface area contributed by atoms with Crippen LogP contribution in [0.2, 0.25) is 0 Å². The van der Waals surface area contributed by atoms with Gasteiger partial charge in [-0.2, -0.15) is 13.2 Å². The summed E-state index contributed by atoms with van der Waals surface area (Å²) in [6.07, 6.45) is -4.43. The highest BCUT2D eigenvalue weighted by Crippen LogP contribution is 2.42. The van der Waals surface area contributed by atoms with Crippen molar-refractivity contribution in [3.05, 3.63) is 35.9 Å². The van der Waals surface area contributed by atoms with E-state index >= 15 is 0 Å². The largest absolute Gasteiger partial charge is 0.416 e. The summed E-state index contributed by atoms with van der Waals surface area (Å²) in [6, 6.07) is 9.02. The Morgan fingerprint density at radius 1 is 1.06 bits per heavy atom. The second-order valence-corrected chi connectivity index (χ2v) is 5.23. The Bertz CT molecular complexity index is 384. The number of benzene rings is 1. The van der Waals surface area contributed by atoms with Crippen LogP contribution in [-0.4, -0.2) is 16.9 Å². The predicted octanol–water partition coefficient (Wildman–Crippen LogP) is 4.06. The molecule has 0 heterocycles. The number of alkyl halides is 3. The van der Waals surface area contributed by atoms with Crippen LogP contribution in [-0.2, 0) is 5.41 Å². The van der Waals surface area contributed by atoms with Crippen molar-refractivity contribution in [3.8, 4) is 0 Å². The van der Waals surface area contributed by atoms with Gasteiger partial charge in [0, 0.05) is 0 Å². The van der Waals surface area contributed by atoms with E-state index < -0.39 is 17.2 Å². The Hall–Kier alpha value is -1.03. The summed E-state index contributed by atoms with van der Waals surface area (Å²) in [6.45, 7) is 4.42. The predicted molar refractivity (Wildman–Crippen MR) is 65.4 cm³/mol. The van der Waals surface area contributed by atoms with E-state index in [9.17, 15) is 18.3 Å². The molecule has 2 unspecified atom stereocenters. The molecular weight excluding hydrogens is 241 g/mol. The maximum atomic E-state index is 12.8. The van der Waals surface area contributed by atoms with Crippen molar-refractivity contribution < 1.29 is 18.3 Å². The third kappa shape index (κ3) is 3.05. The highest BCUT2D eigenvalue weighted by Gasteiger charge is 2.52. The van der Waals surface area contributed by atoms with Crippen molar-refractivity contribution in [2.45, 2.75) is 50.8 Å². The molecule has 0 fully saturated rings. The van der Waals surface area contributed by atoms with Crippen LogP contribution in [0.5, 0.6) is 0 Å². The van der Waals surface area contributed by atoms with Gasteiger partial charge >= 0.3 is 6.18 Å². The van der Waals surface area contributed by atoms with E-state index in [4.69, 9.17) is 0 Å². The first-order valence-corrected chi connectivity index (χ1v) is 5.97. The third-order valence-electron chi connectivity index (χ3n) is 3.60. The van der Waals surface area contributed by atoms with Crippen molar-refractivity contribution in [1.82, 2.24) is 0 Å². The van der Waals surface area contributed by atoms with Crippen LogP contribution in [0.3, 0.4) is 0 Å². The second kappa shape index (κ2) is 4.92. The molecule has 1 nitrogen and oxygen atoms in total. The Morgan fingerprint density at radius 2 is 1.56 bits per heavy atom. The van der Waals surface area contributed by atoms with Gasteiger partial charge in [-0.1, -0.05) is 44.2 Å². The lowest BCUT2D eigenvalue weighted by atomic mass is 9.72. The fourth-order valence-corrected chi connectivity index (χ4v) is 2.13. The highest BCUT2D eigenvalue weighted by molar-refractivity contribution is 5.25. The van der Waals surface area contributed by atoms with Gasteiger partial charge in [0.15, 0.2) is 5.60 Å². The first-order valence-electron chi connectivity index (χ1n) is 5.97. The Morgan fingerprint density at radius 3 is 1.94 bits per heavy atom. The van der Waals surface area contributed by atoms with E-state index in [-0.39, 0.29) is 6.42 Å². The summed E-state index contributed by atoms with van der Waals surface area (Å²) in [5.74, 6) is 0. The van der Waals surface area contributed by atoms with Crippen LogP contribution >= 0.6 is 0 Å². The summed E-state index contributed by atoms with van der Waals surface area (Å²) in [4.78, 5) is 0. The first-order chi connectivity index (χ1) is 8.12. The van der Waals surface area contributed by atoms with E-state index in [1.807, 2.05) is 13.0 Å². The molecular formula is C14H19F3O. The van der Waals surface area contributed by atoms with Gasteiger partial charge in [0.2, 0.25) is 0 Å². The lowest BCUT2D eigenvalue weighted by Gasteiger charge is -2.37. The number of aliphatic hydroxyl groups is 1. The van der Waals surface area contributed by atoms with Crippen LogP contribution in [0, 0.1) is 0 Å². The van der Waals surface area contributed by atoms with Gasteiger partial charge in [0.25, 0.3) is 0 Å². The number of hydrogen-bond acceptors (Lipinski definition) is 1. The molecule has 0 saturated heterocycles. The van der Waals surface area contributed by atoms with E-state index in [1.165, 1.54) is 0 Å². The molecule has 1 rings (SSSR count). The van der Waals surface area contributed by atoms with E-state index in [2.05, 4.69) is 0 Å². The van der Waals surface area contributed by atoms with Gasteiger partial charge < -0.3 is 5.11 Å². The minimum absolute atomic E-state index is 0.343. The topological polar surface area (TPSA) is 20.2 Å². The standard InChI is InChI=1S/C14H19F3O/c1-4-12(2,11-8-6-5-7-9-11)10-13(3,18)14(15,16)17/h5-9,18H,4,10H2,1-3H3. The zero-order valence-corrected chi connectivity index (χ0v) is 10.9. The summed E-state index contributed by atoms with van der Waals surface area (Å²) < 4.78 is 38.3. The smallest absolute Gasteiger partial charge is 0.381 e. The normalized spacial score (nSPS) is 19.1. The van der Waals surface area contributed by atoms with Crippen LogP contribution in [0.4, 0.5) is 13.2 Å². The molecule has 18 heavy (non-hydrogen) atoms. The summed E-state index contributed by atoms with van der Waals surface area (Å²) >= 11 is 0. The van der Waals surface area contributed by atoms with Crippen molar-refractivity contribution in [3.63, 3.8) is 0 Å². The molecule has 1 aromatic rings. The zero-order chi connectivity index (χ0) is 14.0. The SMILES string of the molecule is CCC(C)(CC(C)(O)C(F)(F)F)c1ccccc1. The van der Waals surface area contributed by atoms with E-state index in [1.54, 1.807) is 31.2 Å². The Balaban J connectivity index is 3.05. The molecule has 102 valence electrons.